The van der Waals surface area contributed by atoms with Gasteiger partial charge in [0, 0.05) is 26.1 Å². The molecule has 0 bridgehead atoms. The molecule has 1 aliphatic carbocycles. The topological polar surface area (TPSA) is 86.7 Å². The highest BCUT2D eigenvalue weighted by Crippen LogP contribution is 2.41. The smallest absolute Gasteiger partial charge is 0.303 e. The SMILES string of the molecule is O=C(O)CCc1ccccc1CNS(=O)(=O)N1C[C@H]2CC[C@H]2C1. The molecule has 23 heavy (non-hydrogen) atoms. The zero-order chi connectivity index (χ0) is 16.4. The Bertz CT molecular complexity index is 677. The average molecular weight is 338 g/mol. The van der Waals surface area contributed by atoms with Crippen LogP contribution in [0.2, 0.25) is 0 Å². The Morgan fingerprint density at radius 3 is 2.35 bits per heavy atom. The van der Waals surface area contributed by atoms with Gasteiger partial charge in [-0.15, -0.1) is 0 Å². The maximum Gasteiger partial charge on any atom is 0.303 e. The molecular formula is C16H22N2O4S. The maximum atomic E-state index is 12.4. The first-order valence-corrected chi connectivity index (χ1v) is 9.43. The fourth-order valence-corrected chi connectivity index (χ4v) is 4.68. The highest BCUT2D eigenvalue weighted by molar-refractivity contribution is 7.87. The third kappa shape index (κ3) is 3.73. The molecule has 0 amide bonds. The summed E-state index contributed by atoms with van der Waals surface area (Å²) in [6.45, 7) is 1.45. The van der Waals surface area contributed by atoms with E-state index in [0.717, 1.165) is 24.0 Å². The average Bonchev–Trinajstić information content (AvgIpc) is 2.79. The van der Waals surface area contributed by atoms with Crippen LogP contribution in [0.3, 0.4) is 0 Å². The van der Waals surface area contributed by atoms with E-state index in [2.05, 4.69) is 4.72 Å². The molecule has 3 rings (SSSR count). The van der Waals surface area contributed by atoms with E-state index in [4.69, 9.17) is 5.11 Å². The third-order valence-corrected chi connectivity index (χ3v) is 6.45. The number of benzene rings is 1. The van der Waals surface area contributed by atoms with E-state index in [-0.39, 0.29) is 13.0 Å². The molecule has 0 aromatic heterocycles. The zero-order valence-electron chi connectivity index (χ0n) is 12.9. The van der Waals surface area contributed by atoms with E-state index in [0.29, 0.717) is 31.3 Å². The van der Waals surface area contributed by atoms with Gasteiger partial charge in [-0.25, -0.2) is 0 Å². The third-order valence-electron chi connectivity index (χ3n) is 4.96. The molecule has 1 aliphatic heterocycles. The molecule has 1 aromatic carbocycles. The van der Waals surface area contributed by atoms with Gasteiger partial charge in [0.1, 0.15) is 0 Å². The fourth-order valence-electron chi connectivity index (χ4n) is 3.39. The number of aliphatic carboxylic acids is 1. The molecular weight excluding hydrogens is 316 g/mol. The molecule has 2 aliphatic rings. The number of nitrogens with zero attached hydrogens (tertiary/aromatic N) is 1. The van der Waals surface area contributed by atoms with Crippen molar-refractivity contribution in [1.29, 1.82) is 0 Å². The number of carboxylic acids is 1. The van der Waals surface area contributed by atoms with Crippen LogP contribution in [0.25, 0.3) is 0 Å². The quantitative estimate of drug-likeness (QED) is 0.786. The summed E-state index contributed by atoms with van der Waals surface area (Å²) in [6, 6.07) is 7.37. The van der Waals surface area contributed by atoms with E-state index >= 15 is 0 Å². The van der Waals surface area contributed by atoms with Gasteiger partial charge >= 0.3 is 5.97 Å². The predicted octanol–water partition coefficient (Wildman–Crippen LogP) is 1.38. The van der Waals surface area contributed by atoms with Gasteiger partial charge in [0.25, 0.3) is 10.2 Å². The van der Waals surface area contributed by atoms with E-state index in [1.54, 1.807) is 4.31 Å². The standard InChI is InChI=1S/C16H22N2O4S/c19-16(20)8-7-12-3-1-2-4-13(12)9-17-23(21,22)18-10-14-5-6-15(14)11-18/h1-4,14-15,17H,5-11H2,(H,19,20)/t14-,15+. The Labute approximate surface area is 136 Å². The van der Waals surface area contributed by atoms with Gasteiger partial charge in [0.2, 0.25) is 0 Å². The fraction of sp³-hybridized carbons (Fsp3) is 0.562. The van der Waals surface area contributed by atoms with E-state index in [1.807, 2.05) is 24.3 Å². The number of aryl methyl sites for hydroxylation is 1. The first kappa shape index (κ1) is 16.4. The summed E-state index contributed by atoms with van der Waals surface area (Å²) < 4.78 is 29.1. The molecule has 6 nitrogen and oxygen atoms in total. The predicted molar refractivity (Wildman–Crippen MR) is 85.9 cm³/mol. The molecule has 0 spiro atoms. The lowest BCUT2D eigenvalue weighted by molar-refractivity contribution is -0.136. The van der Waals surface area contributed by atoms with E-state index < -0.39 is 16.2 Å². The van der Waals surface area contributed by atoms with Crippen molar-refractivity contribution in [2.24, 2.45) is 11.8 Å². The van der Waals surface area contributed by atoms with Crippen molar-refractivity contribution in [3.8, 4) is 0 Å². The lowest BCUT2D eigenvalue weighted by Crippen LogP contribution is -2.39. The molecule has 2 atom stereocenters. The summed E-state index contributed by atoms with van der Waals surface area (Å²) in [5, 5.41) is 8.81. The second kappa shape index (κ2) is 6.59. The minimum atomic E-state index is -3.47. The maximum absolute atomic E-state index is 12.4. The van der Waals surface area contributed by atoms with Crippen LogP contribution < -0.4 is 4.72 Å². The molecule has 2 N–H and O–H groups in total. The minimum Gasteiger partial charge on any atom is -0.481 e. The van der Waals surface area contributed by atoms with Gasteiger partial charge in [0.05, 0.1) is 0 Å². The largest absolute Gasteiger partial charge is 0.481 e. The van der Waals surface area contributed by atoms with Crippen LogP contribution in [0.4, 0.5) is 0 Å². The van der Waals surface area contributed by atoms with Gasteiger partial charge in [-0.2, -0.15) is 17.4 Å². The molecule has 1 aromatic rings. The second-order valence-electron chi connectivity index (χ2n) is 6.40. The summed E-state index contributed by atoms with van der Waals surface area (Å²) in [4.78, 5) is 10.7. The lowest BCUT2D eigenvalue weighted by atomic mass is 9.77. The van der Waals surface area contributed by atoms with Gasteiger partial charge in [-0.05, 0) is 42.2 Å². The molecule has 0 radical (unpaired) electrons. The van der Waals surface area contributed by atoms with Crippen LogP contribution in [0, 0.1) is 11.8 Å². The number of carbonyl (C=O) groups is 1. The number of carboxylic acid groups (broad SMARTS) is 1. The van der Waals surface area contributed by atoms with Crippen molar-refractivity contribution in [3.63, 3.8) is 0 Å². The van der Waals surface area contributed by atoms with Crippen molar-refractivity contribution in [2.45, 2.75) is 32.2 Å². The Morgan fingerprint density at radius 2 is 1.78 bits per heavy atom. The highest BCUT2D eigenvalue weighted by atomic mass is 32.2. The van der Waals surface area contributed by atoms with E-state index in [1.165, 1.54) is 0 Å². The van der Waals surface area contributed by atoms with Crippen molar-refractivity contribution in [3.05, 3.63) is 35.4 Å². The molecule has 1 heterocycles. The van der Waals surface area contributed by atoms with Crippen molar-refractivity contribution in [1.82, 2.24) is 9.03 Å². The Hall–Kier alpha value is -1.44. The van der Waals surface area contributed by atoms with Gasteiger partial charge in [-0.3, -0.25) is 4.79 Å². The molecule has 2 fully saturated rings. The number of fused-ring (bicyclic) bond motifs is 1. The summed E-state index contributed by atoms with van der Waals surface area (Å²) in [5.41, 5.74) is 1.71. The van der Waals surface area contributed by atoms with Crippen LogP contribution in [0.1, 0.15) is 30.4 Å². The monoisotopic (exact) mass is 338 g/mol. The lowest BCUT2D eigenvalue weighted by Gasteiger charge is -2.27. The molecule has 7 heteroatoms. The first-order valence-electron chi connectivity index (χ1n) is 7.99. The summed E-state index contributed by atoms with van der Waals surface area (Å²) >= 11 is 0. The molecule has 1 saturated heterocycles. The number of hydrogen-bond acceptors (Lipinski definition) is 3. The Balaban J connectivity index is 1.62. The van der Waals surface area contributed by atoms with Crippen LogP contribution in [-0.4, -0.2) is 36.9 Å². The molecule has 1 saturated carbocycles. The van der Waals surface area contributed by atoms with Crippen molar-refractivity contribution in [2.75, 3.05) is 13.1 Å². The highest BCUT2D eigenvalue weighted by Gasteiger charge is 2.43. The number of hydrogen-bond donors (Lipinski definition) is 2. The normalized spacial score (nSPS) is 24.2. The summed E-state index contributed by atoms with van der Waals surface area (Å²) in [7, 11) is -3.47. The molecule has 126 valence electrons. The van der Waals surface area contributed by atoms with Crippen LogP contribution in [0.5, 0.6) is 0 Å². The van der Waals surface area contributed by atoms with Gasteiger partial charge in [-0.1, -0.05) is 24.3 Å². The number of nitrogens with one attached hydrogen (secondary N) is 1. The van der Waals surface area contributed by atoms with Crippen LogP contribution in [0.15, 0.2) is 24.3 Å². The number of rotatable bonds is 7. The van der Waals surface area contributed by atoms with Gasteiger partial charge < -0.3 is 5.11 Å². The van der Waals surface area contributed by atoms with Crippen molar-refractivity contribution >= 4 is 16.2 Å². The first-order chi connectivity index (χ1) is 11.0. The van der Waals surface area contributed by atoms with Crippen molar-refractivity contribution < 1.29 is 18.3 Å². The van der Waals surface area contributed by atoms with E-state index in [9.17, 15) is 13.2 Å². The Morgan fingerprint density at radius 1 is 1.17 bits per heavy atom. The summed E-state index contributed by atoms with van der Waals surface area (Å²) in [5.74, 6) is 0.219. The van der Waals surface area contributed by atoms with Crippen LogP contribution >= 0.6 is 0 Å². The summed E-state index contributed by atoms with van der Waals surface area (Å²) in [6.07, 6.45) is 2.71. The Kier molecular flexibility index (Phi) is 4.70. The molecule has 0 unspecified atom stereocenters. The zero-order valence-corrected chi connectivity index (χ0v) is 13.8. The van der Waals surface area contributed by atoms with Crippen LogP contribution in [-0.2, 0) is 28.0 Å². The minimum absolute atomic E-state index is 0.0409. The van der Waals surface area contributed by atoms with Gasteiger partial charge in [0.15, 0.2) is 0 Å². The second-order valence-corrected chi connectivity index (χ2v) is 8.16.